The number of amides is 1. The van der Waals surface area contributed by atoms with Gasteiger partial charge in [0.25, 0.3) is 0 Å². The van der Waals surface area contributed by atoms with E-state index >= 15 is 0 Å². The van der Waals surface area contributed by atoms with Crippen molar-refractivity contribution in [3.05, 3.63) is 59.8 Å². The first-order chi connectivity index (χ1) is 13.7. The Bertz CT molecular complexity index is 1120. The van der Waals surface area contributed by atoms with Crippen LogP contribution in [-0.2, 0) is 28.4 Å². The van der Waals surface area contributed by atoms with Crippen LogP contribution in [-0.4, -0.2) is 30.1 Å². The number of nitrogens with zero attached hydrogens (tertiary/aromatic N) is 2. The molecule has 0 aliphatic carbocycles. The van der Waals surface area contributed by atoms with Crippen molar-refractivity contribution in [1.29, 1.82) is 0 Å². The molecule has 1 atom stereocenters. The fraction of sp³-hybridized carbons (Fsp3) is 0.333. The van der Waals surface area contributed by atoms with Crippen LogP contribution in [0.25, 0.3) is 10.9 Å². The zero-order chi connectivity index (χ0) is 21.2. The molecule has 2 N–H and O–H groups in total. The second-order valence-corrected chi connectivity index (χ2v) is 9.18. The van der Waals surface area contributed by atoms with E-state index in [0.717, 1.165) is 22.2 Å². The summed E-state index contributed by atoms with van der Waals surface area (Å²) >= 11 is 0. The molecule has 7 nitrogen and oxygen atoms in total. The fourth-order valence-electron chi connectivity index (χ4n) is 3.14. The van der Waals surface area contributed by atoms with Crippen LogP contribution < -0.4 is 10.0 Å². The standard InChI is InChI=1S/C21H26N4O3S/c1-14(2)20(24-29(27,28)16-11-9-15(3)10-12-16)21(26)22-13-18-17-7-5-6-8-19(17)25(4)23-18/h5-12,14,20,24H,13H2,1-4H3,(H,22,26)/t20-/m1/s1. The van der Waals surface area contributed by atoms with Gasteiger partial charge in [0, 0.05) is 12.4 Å². The van der Waals surface area contributed by atoms with Crippen molar-refractivity contribution in [2.24, 2.45) is 13.0 Å². The number of rotatable bonds is 7. The Morgan fingerprint density at radius 2 is 1.76 bits per heavy atom. The molecule has 0 aliphatic heterocycles. The molecule has 1 amide bonds. The van der Waals surface area contributed by atoms with Crippen molar-refractivity contribution in [2.75, 3.05) is 0 Å². The summed E-state index contributed by atoms with van der Waals surface area (Å²) in [6.45, 7) is 5.71. The van der Waals surface area contributed by atoms with E-state index in [1.165, 1.54) is 12.1 Å². The van der Waals surface area contributed by atoms with Crippen molar-refractivity contribution in [1.82, 2.24) is 19.8 Å². The normalized spacial score (nSPS) is 13.0. The first-order valence-corrected chi connectivity index (χ1v) is 10.9. The molecule has 3 aromatic rings. The summed E-state index contributed by atoms with van der Waals surface area (Å²) in [5.41, 5.74) is 2.67. The second kappa shape index (κ2) is 8.34. The molecule has 2 aromatic carbocycles. The minimum atomic E-state index is -3.81. The number of fused-ring (bicyclic) bond motifs is 1. The largest absolute Gasteiger partial charge is 0.349 e. The predicted octanol–water partition coefficient (Wildman–Crippen LogP) is 2.50. The lowest BCUT2D eigenvalue weighted by molar-refractivity contribution is -0.123. The minimum Gasteiger partial charge on any atom is -0.349 e. The van der Waals surface area contributed by atoms with Crippen LogP contribution in [0.5, 0.6) is 0 Å². The minimum absolute atomic E-state index is 0.136. The zero-order valence-corrected chi connectivity index (χ0v) is 17.8. The van der Waals surface area contributed by atoms with Gasteiger partial charge in [-0.3, -0.25) is 9.48 Å². The van der Waals surface area contributed by atoms with Gasteiger partial charge in [-0.2, -0.15) is 9.82 Å². The highest BCUT2D eigenvalue weighted by Gasteiger charge is 2.28. The molecule has 0 unspecified atom stereocenters. The van der Waals surface area contributed by atoms with Gasteiger partial charge in [-0.1, -0.05) is 49.7 Å². The summed E-state index contributed by atoms with van der Waals surface area (Å²) in [5, 5.41) is 8.24. The van der Waals surface area contributed by atoms with Crippen LogP contribution in [0.15, 0.2) is 53.4 Å². The van der Waals surface area contributed by atoms with Crippen molar-refractivity contribution in [2.45, 2.75) is 38.3 Å². The highest BCUT2D eigenvalue weighted by molar-refractivity contribution is 7.89. The third-order valence-corrected chi connectivity index (χ3v) is 6.28. The Morgan fingerprint density at radius 3 is 2.41 bits per heavy atom. The third-order valence-electron chi connectivity index (χ3n) is 4.83. The van der Waals surface area contributed by atoms with Crippen molar-refractivity contribution >= 4 is 26.8 Å². The average Bonchev–Trinajstić information content (AvgIpc) is 3.00. The van der Waals surface area contributed by atoms with Crippen LogP contribution >= 0.6 is 0 Å². The van der Waals surface area contributed by atoms with E-state index in [1.54, 1.807) is 30.7 Å². The van der Waals surface area contributed by atoms with Gasteiger partial charge in [-0.05, 0) is 31.0 Å². The van der Waals surface area contributed by atoms with Crippen LogP contribution in [0.3, 0.4) is 0 Å². The Labute approximate surface area is 171 Å². The summed E-state index contributed by atoms with van der Waals surface area (Å²) in [4.78, 5) is 12.9. The summed E-state index contributed by atoms with van der Waals surface area (Å²) in [6.07, 6.45) is 0. The first-order valence-electron chi connectivity index (χ1n) is 9.46. The molecule has 29 heavy (non-hydrogen) atoms. The topological polar surface area (TPSA) is 93.1 Å². The molecule has 0 spiro atoms. The van der Waals surface area contributed by atoms with Gasteiger partial charge < -0.3 is 5.32 Å². The number of benzene rings is 2. The SMILES string of the molecule is Cc1ccc(S(=O)(=O)N[C@@H](C(=O)NCc2nn(C)c3ccccc23)C(C)C)cc1. The van der Waals surface area contributed by atoms with E-state index in [1.807, 2.05) is 38.2 Å². The molecular formula is C21H26N4O3S. The average molecular weight is 415 g/mol. The second-order valence-electron chi connectivity index (χ2n) is 7.46. The summed E-state index contributed by atoms with van der Waals surface area (Å²) in [6, 6.07) is 13.4. The number of nitrogens with one attached hydrogen (secondary N) is 2. The molecule has 154 valence electrons. The van der Waals surface area contributed by atoms with Gasteiger partial charge in [-0.25, -0.2) is 8.42 Å². The van der Waals surface area contributed by atoms with Crippen LogP contribution in [0.1, 0.15) is 25.1 Å². The molecule has 1 heterocycles. The lowest BCUT2D eigenvalue weighted by atomic mass is 10.0. The predicted molar refractivity (Wildman–Crippen MR) is 113 cm³/mol. The Kier molecular flexibility index (Phi) is 6.04. The van der Waals surface area contributed by atoms with Gasteiger partial charge in [0.1, 0.15) is 6.04 Å². The Balaban J connectivity index is 1.75. The van der Waals surface area contributed by atoms with Crippen molar-refractivity contribution in [3.8, 4) is 0 Å². The molecule has 0 saturated heterocycles. The lowest BCUT2D eigenvalue weighted by Crippen LogP contribution is -2.49. The summed E-state index contributed by atoms with van der Waals surface area (Å²) in [5.74, 6) is -0.610. The number of carbonyl (C=O) groups excluding carboxylic acids is 1. The van der Waals surface area contributed by atoms with Crippen molar-refractivity contribution in [3.63, 3.8) is 0 Å². The van der Waals surface area contributed by atoms with E-state index in [2.05, 4.69) is 15.1 Å². The van der Waals surface area contributed by atoms with E-state index in [9.17, 15) is 13.2 Å². The maximum absolute atomic E-state index is 12.8. The van der Waals surface area contributed by atoms with Gasteiger partial charge in [0.2, 0.25) is 15.9 Å². The highest BCUT2D eigenvalue weighted by atomic mass is 32.2. The number of aromatic nitrogens is 2. The van der Waals surface area contributed by atoms with E-state index in [4.69, 9.17) is 0 Å². The molecule has 0 fully saturated rings. The Morgan fingerprint density at radius 1 is 1.10 bits per heavy atom. The molecule has 1 aromatic heterocycles. The fourth-order valence-corrected chi connectivity index (χ4v) is 4.49. The van der Waals surface area contributed by atoms with Crippen LogP contribution in [0.2, 0.25) is 0 Å². The molecule has 3 rings (SSSR count). The highest BCUT2D eigenvalue weighted by Crippen LogP contribution is 2.18. The lowest BCUT2D eigenvalue weighted by Gasteiger charge is -2.21. The van der Waals surface area contributed by atoms with Gasteiger partial charge in [0.15, 0.2) is 0 Å². The third kappa shape index (κ3) is 4.65. The van der Waals surface area contributed by atoms with Crippen LogP contribution in [0, 0.1) is 12.8 Å². The number of sulfonamides is 1. The molecule has 8 heteroatoms. The first kappa shape index (κ1) is 21.0. The molecule has 0 radical (unpaired) electrons. The Hall–Kier alpha value is -2.71. The van der Waals surface area contributed by atoms with Gasteiger partial charge in [0.05, 0.1) is 22.7 Å². The number of aryl methyl sites for hydroxylation is 2. The smallest absolute Gasteiger partial charge is 0.241 e. The molecule has 0 aliphatic rings. The summed E-state index contributed by atoms with van der Waals surface area (Å²) in [7, 11) is -1.96. The quantitative estimate of drug-likeness (QED) is 0.621. The molecule has 0 saturated carbocycles. The maximum atomic E-state index is 12.8. The number of hydrogen-bond acceptors (Lipinski definition) is 4. The number of carbonyl (C=O) groups is 1. The molecule has 0 bridgehead atoms. The maximum Gasteiger partial charge on any atom is 0.241 e. The van der Waals surface area contributed by atoms with Gasteiger partial charge in [-0.15, -0.1) is 0 Å². The van der Waals surface area contributed by atoms with E-state index in [-0.39, 0.29) is 23.3 Å². The monoisotopic (exact) mass is 414 g/mol. The zero-order valence-electron chi connectivity index (χ0n) is 17.0. The van der Waals surface area contributed by atoms with Crippen LogP contribution in [0.4, 0.5) is 0 Å². The van der Waals surface area contributed by atoms with Crippen molar-refractivity contribution < 1.29 is 13.2 Å². The number of para-hydroxylation sites is 1. The van der Waals surface area contributed by atoms with E-state index < -0.39 is 16.1 Å². The van der Waals surface area contributed by atoms with E-state index in [0.29, 0.717) is 0 Å². The number of hydrogen-bond donors (Lipinski definition) is 2. The van der Waals surface area contributed by atoms with Gasteiger partial charge >= 0.3 is 0 Å². The summed E-state index contributed by atoms with van der Waals surface area (Å²) < 4.78 is 29.7. The molecular weight excluding hydrogens is 388 g/mol.